The van der Waals surface area contributed by atoms with Crippen LogP contribution in [0.4, 0.5) is 43.8 Å². The summed E-state index contributed by atoms with van der Waals surface area (Å²) in [4.78, 5) is 7.39. The molecule has 27 heavy (non-hydrogen) atoms. The van der Waals surface area contributed by atoms with E-state index in [0.29, 0.717) is 18.1 Å². The summed E-state index contributed by atoms with van der Waals surface area (Å²) in [6.07, 6.45) is -8.68. The zero-order valence-corrected chi connectivity index (χ0v) is 14.8. The summed E-state index contributed by atoms with van der Waals surface area (Å²) in [5, 5.41) is 5.28. The van der Waals surface area contributed by atoms with E-state index in [-0.39, 0.29) is 23.5 Å². The van der Waals surface area contributed by atoms with Crippen molar-refractivity contribution in [1.29, 1.82) is 0 Å². The molecule has 0 spiro atoms. The first-order valence-electron chi connectivity index (χ1n) is 8.08. The van der Waals surface area contributed by atoms with E-state index in [1.807, 2.05) is 6.92 Å². The Morgan fingerprint density at radius 2 is 1.67 bits per heavy atom. The summed E-state index contributed by atoms with van der Waals surface area (Å²) >= 11 is 0. The fourth-order valence-corrected chi connectivity index (χ4v) is 2.11. The Morgan fingerprint density at radius 3 is 2.22 bits per heavy atom. The number of benzene rings is 1. The number of halogens is 6. The summed E-state index contributed by atoms with van der Waals surface area (Å²) in [6.45, 7) is 5.11. The third-order valence-corrected chi connectivity index (χ3v) is 3.83. The number of alkyl halides is 6. The van der Waals surface area contributed by atoms with Gasteiger partial charge in [-0.1, -0.05) is 13.0 Å². The zero-order valence-electron chi connectivity index (χ0n) is 14.8. The Bertz CT molecular complexity index is 801. The van der Waals surface area contributed by atoms with Gasteiger partial charge in [-0.15, -0.1) is 0 Å². The van der Waals surface area contributed by atoms with Crippen molar-refractivity contribution < 1.29 is 26.3 Å². The Balaban J connectivity index is 2.44. The lowest BCUT2D eigenvalue weighted by atomic mass is 10.1. The summed E-state index contributed by atoms with van der Waals surface area (Å²) < 4.78 is 78.0. The maximum Gasteiger partial charge on any atom is 0.433 e. The van der Waals surface area contributed by atoms with Crippen molar-refractivity contribution in [2.45, 2.75) is 45.6 Å². The lowest BCUT2D eigenvalue weighted by Crippen LogP contribution is -2.19. The van der Waals surface area contributed by atoms with E-state index >= 15 is 0 Å². The molecule has 0 bridgehead atoms. The van der Waals surface area contributed by atoms with Crippen LogP contribution in [0.3, 0.4) is 0 Å². The Labute approximate surface area is 152 Å². The van der Waals surface area contributed by atoms with Gasteiger partial charge in [0.1, 0.15) is 5.82 Å². The fraction of sp³-hybridized carbons (Fsp3) is 0.412. The van der Waals surface area contributed by atoms with Gasteiger partial charge in [0.2, 0.25) is 5.95 Å². The molecule has 0 amide bonds. The number of aryl methyl sites for hydroxylation is 1. The molecule has 0 aliphatic heterocycles. The third-order valence-electron chi connectivity index (χ3n) is 3.83. The molecule has 1 aromatic carbocycles. The zero-order chi connectivity index (χ0) is 20.4. The average Bonchev–Trinajstić information content (AvgIpc) is 2.54. The fourth-order valence-electron chi connectivity index (χ4n) is 2.11. The van der Waals surface area contributed by atoms with Crippen LogP contribution in [-0.2, 0) is 12.4 Å². The highest BCUT2D eigenvalue weighted by atomic mass is 19.4. The predicted molar refractivity (Wildman–Crippen MR) is 89.9 cm³/mol. The molecule has 4 nitrogen and oxygen atoms in total. The normalized spacial score (nSPS) is 13.4. The number of nitrogens with zero attached hydrogens (tertiary/aromatic N) is 2. The molecule has 2 N–H and O–H groups in total. The first-order chi connectivity index (χ1) is 12.4. The van der Waals surface area contributed by atoms with Gasteiger partial charge in [-0.05, 0) is 38.0 Å². The molecule has 0 aliphatic carbocycles. The summed E-state index contributed by atoms with van der Waals surface area (Å²) in [6, 6.07) is 3.43. The van der Waals surface area contributed by atoms with E-state index in [1.54, 1.807) is 6.92 Å². The minimum atomic E-state index is -4.73. The molecule has 0 saturated heterocycles. The molecule has 1 atom stereocenters. The standard InChI is InChI=1S/C17H18F6N4/c1-4-10(3)24-15-26-13(17(21,22)23)8-14(27-15)25-12-7-11(16(18,19)20)6-5-9(12)2/h5-8,10H,4H2,1-3H3,(H2,24,25,26,27)/t10-/m0/s1. The molecule has 1 aromatic heterocycles. The number of anilines is 3. The van der Waals surface area contributed by atoms with E-state index in [2.05, 4.69) is 20.6 Å². The lowest BCUT2D eigenvalue weighted by Gasteiger charge is -2.17. The number of rotatable bonds is 5. The van der Waals surface area contributed by atoms with Crippen LogP contribution in [0.15, 0.2) is 24.3 Å². The average molecular weight is 392 g/mol. The number of hydrogen-bond acceptors (Lipinski definition) is 4. The van der Waals surface area contributed by atoms with Crippen molar-refractivity contribution in [3.8, 4) is 0 Å². The monoisotopic (exact) mass is 392 g/mol. The summed E-state index contributed by atoms with van der Waals surface area (Å²) in [5.41, 5.74) is -1.69. The minimum Gasteiger partial charge on any atom is -0.352 e. The highest BCUT2D eigenvalue weighted by molar-refractivity contribution is 5.62. The Hall–Kier alpha value is -2.52. The van der Waals surface area contributed by atoms with E-state index in [4.69, 9.17) is 0 Å². The summed E-state index contributed by atoms with van der Waals surface area (Å²) in [7, 11) is 0. The second-order valence-electron chi connectivity index (χ2n) is 6.07. The second kappa shape index (κ2) is 7.61. The van der Waals surface area contributed by atoms with Crippen LogP contribution < -0.4 is 10.6 Å². The molecule has 0 aliphatic rings. The van der Waals surface area contributed by atoms with Gasteiger partial charge in [0.25, 0.3) is 0 Å². The van der Waals surface area contributed by atoms with Gasteiger partial charge in [-0.3, -0.25) is 0 Å². The van der Waals surface area contributed by atoms with E-state index in [1.165, 1.54) is 13.0 Å². The number of aromatic nitrogens is 2. The van der Waals surface area contributed by atoms with E-state index in [0.717, 1.165) is 12.1 Å². The van der Waals surface area contributed by atoms with Gasteiger partial charge in [0.15, 0.2) is 5.69 Å². The lowest BCUT2D eigenvalue weighted by molar-refractivity contribution is -0.141. The first-order valence-corrected chi connectivity index (χ1v) is 8.08. The molecule has 0 radical (unpaired) electrons. The minimum absolute atomic E-state index is 0.00568. The number of hydrogen-bond donors (Lipinski definition) is 2. The highest BCUT2D eigenvalue weighted by Crippen LogP contribution is 2.34. The van der Waals surface area contributed by atoms with Crippen LogP contribution in [-0.4, -0.2) is 16.0 Å². The van der Waals surface area contributed by atoms with Crippen LogP contribution in [0.25, 0.3) is 0 Å². The van der Waals surface area contributed by atoms with Crippen molar-refractivity contribution in [3.63, 3.8) is 0 Å². The Kier molecular flexibility index (Phi) is 5.86. The first kappa shape index (κ1) is 20.8. The molecular formula is C17H18F6N4. The van der Waals surface area contributed by atoms with Gasteiger partial charge in [0, 0.05) is 17.8 Å². The Morgan fingerprint density at radius 1 is 1.00 bits per heavy atom. The SMILES string of the molecule is CC[C@H](C)Nc1nc(Nc2cc(C(F)(F)F)ccc2C)cc(C(F)(F)F)n1. The van der Waals surface area contributed by atoms with Gasteiger partial charge in [-0.25, -0.2) is 4.98 Å². The molecule has 2 rings (SSSR count). The molecule has 2 aromatic rings. The van der Waals surface area contributed by atoms with Crippen LogP contribution in [0.5, 0.6) is 0 Å². The molecule has 148 valence electrons. The van der Waals surface area contributed by atoms with Gasteiger partial charge < -0.3 is 10.6 Å². The van der Waals surface area contributed by atoms with Gasteiger partial charge >= 0.3 is 12.4 Å². The van der Waals surface area contributed by atoms with Crippen LogP contribution in [0.1, 0.15) is 37.1 Å². The topological polar surface area (TPSA) is 49.8 Å². The third kappa shape index (κ3) is 5.48. The quantitative estimate of drug-likeness (QED) is 0.634. The highest BCUT2D eigenvalue weighted by Gasteiger charge is 2.34. The van der Waals surface area contributed by atoms with Crippen molar-refractivity contribution in [2.75, 3.05) is 10.6 Å². The second-order valence-corrected chi connectivity index (χ2v) is 6.07. The van der Waals surface area contributed by atoms with Crippen molar-refractivity contribution in [3.05, 3.63) is 41.1 Å². The molecule has 0 unspecified atom stereocenters. The van der Waals surface area contributed by atoms with Crippen molar-refractivity contribution in [1.82, 2.24) is 9.97 Å². The predicted octanol–water partition coefficient (Wildman–Crippen LogP) is 5.78. The van der Waals surface area contributed by atoms with Gasteiger partial charge in [0.05, 0.1) is 5.56 Å². The molecule has 10 heteroatoms. The molecule has 0 fully saturated rings. The van der Waals surface area contributed by atoms with Gasteiger partial charge in [-0.2, -0.15) is 31.3 Å². The van der Waals surface area contributed by atoms with Crippen molar-refractivity contribution >= 4 is 17.5 Å². The van der Waals surface area contributed by atoms with Crippen molar-refractivity contribution in [2.24, 2.45) is 0 Å². The van der Waals surface area contributed by atoms with Crippen LogP contribution in [0, 0.1) is 6.92 Å². The molecular weight excluding hydrogens is 374 g/mol. The van der Waals surface area contributed by atoms with E-state index < -0.39 is 23.6 Å². The molecule has 1 heterocycles. The largest absolute Gasteiger partial charge is 0.433 e. The van der Waals surface area contributed by atoms with Crippen LogP contribution in [0.2, 0.25) is 0 Å². The summed E-state index contributed by atoms with van der Waals surface area (Å²) in [5.74, 6) is -0.517. The molecule has 0 saturated carbocycles. The maximum absolute atomic E-state index is 13.1. The van der Waals surface area contributed by atoms with Crippen LogP contribution >= 0.6 is 0 Å². The van der Waals surface area contributed by atoms with E-state index in [9.17, 15) is 26.3 Å². The number of nitrogens with one attached hydrogen (secondary N) is 2. The smallest absolute Gasteiger partial charge is 0.352 e. The maximum atomic E-state index is 13.1.